The minimum atomic E-state index is -0.833. The first-order chi connectivity index (χ1) is 19.1. The van der Waals surface area contributed by atoms with Gasteiger partial charge in [-0.05, 0) is 74.2 Å². The van der Waals surface area contributed by atoms with Gasteiger partial charge in [0.1, 0.15) is 23.2 Å². The summed E-state index contributed by atoms with van der Waals surface area (Å²) < 4.78 is 11.4. The summed E-state index contributed by atoms with van der Waals surface area (Å²) in [5.74, 6) is -0.271. The Bertz CT molecular complexity index is 1060. The van der Waals surface area contributed by atoms with Crippen LogP contribution in [0, 0.1) is 10.8 Å². The molecule has 1 heterocycles. The van der Waals surface area contributed by atoms with Crippen molar-refractivity contribution in [1.29, 1.82) is 10.8 Å². The van der Waals surface area contributed by atoms with Gasteiger partial charge in [-0.1, -0.05) is 0 Å². The molecule has 12 heteroatoms. The molecule has 2 aromatic carbocycles. The summed E-state index contributed by atoms with van der Waals surface area (Å²) in [4.78, 5) is 37.2. The van der Waals surface area contributed by atoms with Crippen LogP contribution in [0.15, 0.2) is 48.5 Å². The summed E-state index contributed by atoms with van der Waals surface area (Å²) in [7, 11) is 0. The number of carbonyl (C=O) groups excluding carboxylic acids is 2. The zero-order chi connectivity index (χ0) is 29.5. The lowest BCUT2D eigenvalue weighted by Crippen LogP contribution is -2.54. The number of hydrogen-bond acceptors (Lipinski definition) is 7. The molecule has 2 aromatic rings. The number of ether oxygens (including phenoxy) is 2. The van der Waals surface area contributed by atoms with Crippen LogP contribution < -0.4 is 20.9 Å². The van der Waals surface area contributed by atoms with Crippen LogP contribution in [0.5, 0.6) is 11.5 Å². The lowest BCUT2D eigenvalue weighted by molar-refractivity contribution is -0.156. The number of nitrogen functional groups attached to an aromatic ring is 2. The van der Waals surface area contributed by atoms with Crippen LogP contribution in [0.2, 0.25) is 0 Å². The molecule has 0 unspecified atom stereocenters. The molecule has 1 saturated heterocycles. The molecular formula is C28H38N6O6. The first-order valence-electron chi connectivity index (χ1n) is 13.0. The maximum absolute atomic E-state index is 12.5. The molecule has 40 heavy (non-hydrogen) atoms. The van der Waals surface area contributed by atoms with Gasteiger partial charge in [0.15, 0.2) is 0 Å². The second-order valence-electron chi connectivity index (χ2n) is 9.09. The van der Waals surface area contributed by atoms with Crippen LogP contribution in [0.25, 0.3) is 0 Å². The summed E-state index contributed by atoms with van der Waals surface area (Å²) in [6.07, 6.45) is 3.01. The normalized spacial score (nSPS) is 12.8. The first kappa shape index (κ1) is 31.6. The van der Waals surface area contributed by atoms with Gasteiger partial charge < -0.3 is 35.8 Å². The van der Waals surface area contributed by atoms with Crippen molar-refractivity contribution >= 4 is 29.5 Å². The number of unbranched alkanes of at least 4 members (excludes halogenated alkanes) is 2. The number of hydrogen-bond donors (Lipinski definition) is 5. The molecule has 0 spiro atoms. The molecule has 3 rings (SSSR count). The third kappa shape index (κ3) is 11.0. The van der Waals surface area contributed by atoms with Crippen LogP contribution in [0.3, 0.4) is 0 Å². The highest BCUT2D eigenvalue weighted by molar-refractivity contribution is 6.35. The number of benzene rings is 2. The Hall–Kier alpha value is -4.61. The van der Waals surface area contributed by atoms with Crippen molar-refractivity contribution in [1.82, 2.24) is 9.80 Å². The summed E-state index contributed by atoms with van der Waals surface area (Å²) in [5, 5.41) is 22.2. The average molecular weight is 555 g/mol. The van der Waals surface area contributed by atoms with E-state index in [2.05, 4.69) is 0 Å². The van der Waals surface area contributed by atoms with Gasteiger partial charge in [0.05, 0.1) is 13.2 Å². The zero-order valence-corrected chi connectivity index (χ0v) is 22.7. The minimum Gasteiger partial charge on any atom is -0.494 e. The van der Waals surface area contributed by atoms with Gasteiger partial charge in [0, 0.05) is 44.2 Å². The average Bonchev–Trinajstić information content (AvgIpc) is 2.92. The number of amides is 2. The Morgan fingerprint density at radius 2 is 1.07 bits per heavy atom. The van der Waals surface area contributed by atoms with Gasteiger partial charge in [0.2, 0.25) is 0 Å². The maximum atomic E-state index is 12.5. The molecule has 1 fully saturated rings. The van der Waals surface area contributed by atoms with Crippen LogP contribution >= 0.6 is 0 Å². The number of carboxylic acids is 1. The van der Waals surface area contributed by atoms with E-state index in [4.69, 9.17) is 41.7 Å². The second-order valence-corrected chi connectivity index (χ2v) is 9.09. The summed E-state index contributed by atoms with van der Waals surface area (Å²) in [5.41, 5.74) is 12.2. The van der Waals surface area contributed by atoms with E-state index in [1.807, 2.05) is 0 Å². The number of carbonyl (C=O) groups is 3. The number of carboxylic acid groups (broad SMARTS) is 1. The van der Waals surface area contributed by atoms with Gasteiger partial charge in [-0.15, -0.1) is 0 Å². The van der Waals surface area contributed by atoms with E-state index in [0.29, 0.717) is 62.0 Å². The van der Waals surface area contributed by atoms with E-state index in [0.717, 1.165) is 32.6 Å². The molecule has 7 N–H and O–H groups in total. The molecule has 1 aliphatic heterocycles. The number of piperazine rings is 1. The topological polar surface area (TPSA) is 196 Å². The highest BCUT2D eigenvalue weighted by Crippen LogP contribution is 2.14. The monoisotopic (exact) mass is 554 g/mol. The number of nitrogens with two attached hydrogens (primary N) is 2. The number of rotatable bonds is 14. The standard InChI is InChI=1S/C26H34N6O4.C2H4O2/c27-23(28)19-5-9-21(10-6-19)35-17-3-1-13-31-15-16-32(26(34)25(31)33)14-2-4-18-36-22-11-7-20(8-12-22)24(29)30;1-2(3)4/h5-12H,1-4,13-18H2,(H3,27,28)(H3,29,30);1H3,(H,3,4). The third-order valence-electron chi connectivity index (χ3n) is 5.91. The lowest BCUT2D eigenvalue weighted by Gasteiger charge is -2.33. The number of amidine groups is 2. The Morgan fingerprint density at radius 1 is 0.750 bits per heavy atom. The van der Waals surface area contributed by atoms with E-state index in [1.165, 1.54) is 0 Å². The lowest BCUT2D eigenvalue weighted by atomic mass is 10.2. The van der Waals surface area contributed by atoms with Crippen LogP contribution in [0.1, 0.15) is 43.7 Å². The fourth-order valence-electron chi connectivity index (χ4n) is 3.79. The molecular weight excluding hydrogens is 516 g/mol. The van der Waals surface area contributed by atoms with Crippen molar-refractivity contribution in [2.75, 3.05) is 39.4 Å². The number of nitrogens with one attached hydrogen (secondary N) is 2. The van der Waals surface area contributed by atoms with E-state index in [9.17, 15) is 9.59 Å². The van der Waals surface area contributed by atoms with Crippen LogP contribution in [-0.4, -0.2) is 83.8 Å². The Kier molecular flexibility index (Phi) is 12.9. The Balaban J connectivity index is 0.00000131. The predicted molar refractivity (Wildman–Crippen MR) is 151 cm³/mol. The van der Waals surface area contributed by atoms with E-state index < -0.39 is 17.8 Å². The smallest absolute Gasteiger partial charge is 0.312 e. The van der Waals surface area contributed by atoms with Crippen molar-refractivity contribution < 1.29 is 29.0 Å². The number of nitrogens with zero attached hydrogens (tertiary/aromatic N) is 2. The van der Waals surface area contributed by atoms with Crippen molar-refractivity contribution in [2.45, 2.75) is 32.6 Å². The molecule has 12 nitrogen and oxygen atoms in total. The molecule has 2 amide bonds. The van der Waals surface area contributed by atoms with Gasteiger partial charge in [-0.2, -0.15) is 0 Å². The second kappa shape index (κ2) is 16.4. The first-order valence-corrected chi connectivity index (χ1v) is 13.0. The molecule has 0 aliphatic carbocycles. The van der Waals surface area contributed by atoms with Crippen molar-refractivity contribution in [3.63, 3.8) is 0 Å². The predicted octanol–water partition coefficient (Wildman–Crippen LogP) is 2.03. The molecule has 0 radical (unpaired) electrons. The zero-order valence-electron chi connectivity index (χ0n) is 22.7. The van der Waals surface area contributed by atoms with Crippen molar-refractivity contribution in [3.05, 3.63) is 59.7 Å². The van der Waals surface area contributed by atoms with Crippen LogP contribution in [0.4, 0.5) is 0 Å². The van der Waals surface area contributed by atoms with Gasteiger partial charge >= 0.3 is 11.8 Å². The summed E-state index contributed by atoms with van der Waals surface area (Å²) >= 11 is 0. The molecule has 1 aliphatic rings. The molecule has 0 bridgehead atoms. The highest BCUT2D eigenvalue weighted by atomic mass is 16.5. The highest BCUT2D eigenvalue weighted by Gasteiger charge is 2.31. The molecule has 216 valence electrons. The number of aliphatic carboxylic acids is 1. The SMILES string of the molecule is CC(=O)O.N=C(N)c1ccc(OCCCCN2CCN(CCCCOc3ccc(C(=N)N)cc3)C(=O)C2=O)cc1. The molecule has 0 atom stereocenters. The fraction of sp³-hybridized carbons (Fsp3) is 0.393. The van der Waals surface area contributed by atoms with E-state index in [1.54, 1.807) is 58.3 Å². The van der Waals surface area contributed by atoms with Gasteiger partial charge in [-0.25, -0.2) is 0 Å². The van der Waals surface area contributed by atoms with E-state index >= 15 is 0 Å². The quantitative estimate of drug-likeness (QED) is 0.101. The third-order valence-corrected chi connectivity index (χ3v) is 5.91. The van der Waals surface area contributed by atoms with Crippen molar-refractivity contribution in [3.8, 4) is 11.5 Å². The minimum absolute atomic E-state index is 0.0174. The Labute approximate surface area is 233 Å². The summed E-state index contributed by atoms with van der Waals surface area (Å²) in [6, 6.07) is 14.1. The summed E-state index contributed by atoms with van der Waals surface area (Å²) in [6.45, 7) is 4.23. The largest absolute Gasteiger partial charge is 0.494 e. The Morgan fingerprint density at radius 3 is 1.38 bits per heavy atom. The van der Waals surface area contributed by atoms with Crippen molar-refractivity contribution in [2.24, 2.45) is 11.5 Å². The molecule has 0 saturated carbocycles. The molecule has 0 aromatic heterocycles. The van der Waals surface area contributed by atoms with Gasteiger partial charge in [-0.3, -0.25) is 25.2 Å². The fourth-order valence-corrected chi connectivity index (χ4v) is 3.79. The maximum Gasteiger partial charge on any atom is 0.312 e. The van der Waals surface area contributed by atoms with Crippen LogP contribution in [-0.2, 0) is 14.4 Å². The van der Waals surface area contributed by atoms with Gasteiger partial charge in [0.25, 0.3) is 5.97 Å². The van der Waals surface area contributed by atoms with E-state index in [-0.39, 0.29) is 11.7 Å².